The molecule has 0 atom stereocenters. The van der Waals surface area contributed by atoms with E-state index in [1.165, 1.54) is 24.9 Å². The first-order chi connectivity index (χ1) is 11.1. The lowest BCUT2D eigenvalue weighted by molar-refractivity contribution is 0.386. The van der Waals surface area contributed by atoms with Gasteiger partial charge in [-0.15, -0.1) is 21.5 Å². The van der Waals surface area contributed by atoms with Crippen LogP contribution in [-0.2, 0) is 12.2 Å². The van der Waals surface area contributed by atoms with Gasteiger partial charge in [0, 0.05) is 11.1 Å². The molecule has 0 aliphatic rings. The quantitative estimate of drug-likeness (QED) is 0.628. The van der Waals surface area contributed by atoms with Crippen LogP contribution in [0.3, 0.4) is 0 Å². The van der Waals surface area contributed by atoms with Crippen molar-refractivity contribution in [2.45, 2.75) is 24.3 Å². The number of nitrogens with zero attached hydrogens (tertiary/aromatic N) is 3. The van der Waals surface area contributed by atoms with Crippen molar-refractivity contribution in [2.75, 3.05) is 7.11 Å². The lowest BCUT2D eigenvalue weighted by Crippen LogP contribution is -1.90. The Bertz CT molecular complexity index is 804. The first kappa shape index (κ1) is 15.9. The van der Waals surface area contributed by atoms with E-state index < -0.39 is 0 Å². The Balaban J connectivity index is 1.59. The fourth-order valence-corrected chi connectivity index (χ4v) is 3.29. The number of rotatable bonds is 6. The lowest BCUT2D eigenvalue weighted by Gasteiger charge is -2.03. The highest BCUT2D eigenvalue weighted by Crippen LogP contribution is 2.25. The van der Waals surface area contributed by atoms with Crippen molar-refractivity contribution < 1.29 is 13.5 Å². The van der Waals surface area contributed by atoms with Gasteiger partial charge < -0.3 is 9.15 Å². The van der Waals surface area contributed by atoms with E-state index in [1.807, 2.05) is 18.4 Å². The van der Waals surface area contributed by atoms with Gasteiger partial charge in [-0.05, 0) is 24.6 Å². The molecule has 0 amide bonds. The number of thiazole rings is 1. The Morgan fingerprint density at radius 2 is 2.22 bits per heavy atom. The summed E-state index contributed by atoms with van der Waals surface area (Å²) in [5, 5.41) is 11.5. The third-order valence-corrected chi connectivity index (χ3v) is 4.74. The van der Waals surface area contributed by atoms with Crippen LogP contribution in [0, 0.1) is 12.7 Å². The molecule has 0 spiro atoms. The fourth-order valence-electron chi connectivity index (χ4n) is 1.96. The number of aromatic nitrogens is 3. The summed E-state index contributed by atoms with van der Waals surface area (Å²) >= 11 is 2.96. The van der Waals surface area contributed by atoms with Crippen molar-refractivity contribution in [1.29, 1.82) is 0 Å². The largest absolute Gasteiger partial charge is 0.494 e. The number of hydrogen-bond acceptors (Lipinski definition) is 7. The van der Waals surface area contributed by atoms with Gasteiger partial charge in [0.05, 0.1) is 24.2 Å². The predicted octanol–water partition coefficient (Wildman–Crippen LogP) is 3.87. The summed E-state index contributed by atoms with van der Waals surface area (Å²) in [5.74, 6) is 0.921. The van der Waals surface area contributed by atoms with Crippen molar-refractivity contribution in [3.63, 3.8) is 0 Å². The van der Waals surface area contributed by atoms with Gasteiger partial charge in [0.15, 0.2) is 11.6 Å². The highest BCUT2D eigenvalue weighted by atomic mass is 32.2. The second kappa shape index (κ2) is 7.10. The molecule has 0 N–H and O–H groups in total. The SMILES string of the molecule is COc1ccc(CSc2nnc(Cc3csc(C)n3)o2)cc1F. The minimum absolute atomic E-state index is 0.234. The van der Waals surface area contributed by atoms with Crippen molar-refractivity contribution in [2.24, 2.45) is 0 Å². The van der Waals surface area contributed by atoms with Gasteiger partial charge in [-0.25, -0.2) is 9.37 Å². The maximum absolute atomic E-state index is 13.6. The highest BCUT2D eigenvalue weighted by Gasteiger charge is 2.10. The Morgan fingerprint density at radius 1 is 1.35 bits per heavy atom. The molecule has 120 valence electrons. The lowest BCUT2D eigenvalue weighted by atomic mass is 10.2. The second-order valence-electron chi connectivity index (χ2n) is 4.75. The van der Waals surface area contributed by atoms with Crippen LogP contribution in [0.15, 0.2) is 33.2 Å². The van der Waals surface area contributed by atoms with Crippen LogP contribution < -0.4 is 4.74 Å². The van der Waals surface area contributed by atoms with E-state index in [0.717, 1.165) is 16.3 Å². The molecule has 23 heavy (non-hydrogen) atoms. The molecule has 2 aromatic heterocycles. The van der Waals surface area contributed by atoms with Crippen LogP contribution >= 0.6 is 23.1 Å². The molecule has 2 heterocycles. The first-order valence-electron chi connectivity index (χ1n) is 6.82. The Labute approximate surface area is 140 Å². The zero-order chi connectivity index (χ0) is 16.2. The summed E-state index contributed by atoms with van der Waals surface area (Å²) in [5.41, 5.74) is 1.74. The second-order valence-corrected chi connectivity index (χ2v) is 6.74. The van der Waals surface area contributed by atoms with Crippen molar-refractivity contribution in [3.8, 4) is 5.75 Å². The van der Waals surface area contributed by atoms with E-state index in [0.29, 0.717) is 23.3 Å². The number of ether oxygens (including phenoxy) is 1. The molecule has 5 nitrogen and oxygen atoms in total. The van der Waals surface area contributed by atoms with Gasteiger partial charge >= 0.3 is 0 Å². The third kappa shape index (κ3) is 4.08. The number of methoxy groups -OCH3 is 1. The smallest absolute Gasteiger partial charge is 0.276 e. The van der Waals surface area contributed by atoms with Crippen LogP contribution in [0.4, 0.5) is 4.39 Å². The fraction of sp³-hybridized carbons (Fsp3) is 0.267. The van der Waals surface area contributed by atoms with Gasteiger partial charge in [0.2, 0.25) is 5.89 Å². The third-order valence-electron chi connectivity index (χ3n) is 3.03. The monoisotopic (exact) mass is 351 g/mol. The topological polar surface area (TPSA) is 61.0 Å². The maximum atomic E-state index is 13.6. The molecular formula is C15H14FN3O2S2. The summed E-state index contributed by atoms with van der Waals surface area (Å²) in [6.07, 6.45) is 0.523. The summed E-state index contributed by atoms with van der Waals surface area (Å²) in [6.45, 7) is 1.96. The van der Waals surface area contributed by atoms with Crippen molar-refractivity contribution in [3.05, 3.63) is 51.6 Å². The van der Waals surface area contributed by atoms with E-state index in [4.69, 9.17) is 9.15 Å². The average Bonchev–Trinajstić information content (AvgIpc) is 3.15. The van der Waals surface area contributed by atoms with Gasteiger partial charge in [-0.3, -0.25) is 0 Å². The number of hydrogen-bond donors (Lipinski definition) is 0. The summed E-state index contributed by atoms with van der Waals surface area (Å²) < 4.78 is 24.1. The molecule has 0 bridgehead atoms. The predicted molar refractivity (Wildman–Crippen MR) is 86.5 cm³/mol. The maximum Gasteiger partial charge on any atom is 0.276 e. The number of halogens is 1. The molecule has 0 saturated carbocycles. The minimum atomic E-state index is -0.379. The number of aryl methyl sites for hydroxylation is 1. The van der Waals surface area contributed by atoms with E-state index in [9.17, 15) is 4.39 Å². The highest BCUT2D eigenvalue weighted by molar-refractivity contribution is 7.98. The van der Waals surface area contributed by atoms with Gasteiger partial charge in [0.25, 0.3) is 5.22 Å². The standard InChI is InChI=1S/C15H14FN3O2S2/c1-9-17-11(8-22-9)6-14-18-19-15(21-14)23-7-10-3-4-13(20-2)12(16)5-10/h3-5,8H,6-7H2,1-2H3. The first-order valence-corrected chi connectivity index (χ1v) is 8.69. The Morgan fingerprint density at radius 3 is 2.91 bits per heavy atom. The molecule has 8 heteroatoms. The number of thioether (sulfide) groups is 1. The van der Waals surface area contributed by atoms with Gasteiger partial charge in [-0.1, -0.05) is 17.8 Å². The molecule has 0 fully saturated rings. The molecule has 3 aromatic rings. The van der Waals surface area contributed by atoms with Crippen LogP contribution in [0.1, 0.15) is 22.2 Å². The van der Waals surface area contributed by atoms with Crippen molar-refractivity contribution in [1.82, 2.24) is 15.2 Å². The van der Waals surface area contributed by atoms with Crippen LogP contribution in [0.5, 0.6) is 5.75 Å². The minimum Gasteiger partial charge on any atom is -0.494 e. The molecular weight excluding hydrogens is 337 g/mol. The van der Waals surface area contributed by atoms with E-state index >= 15 is 0 Å². The average molecular weight is 351 g/mol. The number of benzene rings is 1. The Hall–Kier alpha value is -1.93. The normalized spacial score (nSPS) is 10.9. The van der Waals surface area contributed by atoms with E-state index in [1.54, 1.807) is 17.4 Å². The summed E-state index contributed by atoms with van der Waals surface area (Å²) in [6, 6.07) is 4.86. The molecule has 0 saturated heterocycles. The summed E-state index contributed by atoms with van der Waals surface area (Å²) in [7, 11) is 1.44. The zero-order valence-corrected chi connectivity index (χ0v) is 14.2. The molecule has 0 aliphatic heterocycles. The van der Waals surface area contributed by atoms with Crippen LogP contribution in [0.25, 0.3) is 0 Å². The van der Waals surface area contributed by atoms with E-state index in [-0.39, 0.29) is 11.6 Å². The molecule has 0 aliphatic carbocycles. The van der Waals surface area contributed by atoms with Crippen molar-refractivity contribution >= 4 is 23.1 Å². The van der Waals surface area contributed by atoms with E-state index in [2.05, 4.69) is 15.2 Å². The van der Waals surface area contributed by atoms with Crippen LogP contribution in [-0.4, -0.2) is 22.3 Å². The Kier molecular flexibility index (Phi) is 4.92. The van der Waals surface area contributed by atoms with Gasteiger partial charge in [-0.2, -0.15) is 0 Å². The van der Waals surface area contributed by atoms with Crippen LogP contribution in [0.2, 0.25) is 0 Å². The molecule has 0 radical (unpaired) electrons. The zero-order valence-electron chi connectivity index (χ0n) is 12.6. The molecule has 1 aromatic carbocycles. The summed E-state index contributed by atoms with van der Waals surface area (Å²) in [4.78, 5) is 4.37. The molecule has 3 rings (SSSR count). The van der Waals surface area contributed by atoms with Gasteiger partial charge in [0.1, 0.15) is 0 Å². The molecule has 0 unspecified atom stereocenters.